The molecule has 1 unspecified atom stereocenters. The number of benzene rings is 2. The van der Waals surface area contributed by atoms with Gasteiger partial charge in [-0.15, -0.1) is 6.58 Å². The van der Waals surface area contributed by atoms with Gasteiger partial charge in [0.05, 0.1) is 23.8 Å². The Morgan fingerprint density at radius 1 is 1.05 bits per heavy atom. The van der Waals surface area contributed by atoms with Crippen LogP contribution in [0, 0.1) is 31.1 Å². The van der Waals surface area contributed by atoms with Crippen LogP contribution in [0.5, 0.6) is 5.75 Å². The molecule has 1 atom stereocenters. The zero-order valence-electron chi connectivity index (χ0n) is 23.6. The van der Waals surface area contributed by atoms with Gasteiger partial charge in [-0.2, -0.15) is 18.4 Å². The van der Waals surface area contributed by atoms with Crippen LogP contribution in [0.3, 0.4) is 0 Å². The zero-order chi connectivity index (χ0) is 28.4. The fourth-order valence-corrected chi connectivity index (χ4v) is 3.10. The van der Waals surface area contributed by atoms with Crippen molar-refractivity contribution in [2.45, 2.75) is 86.7 Å². The molecule has 37 heavy (non-hydrogen) atoms. The molecule has 2 aromatic rings. The quantitative estimate of drug-likeness (QED) is 0.246. The Hall–Kier alpha value is -3.00. The van der Waals surface area contributed by atoms with Gasteiger partial charge in [-0.1, -0.05) is 68.7 Å². The highest BCUT2D eigenvalue weighted by Gasteiger charge is 2.34. The summed E-state index contributed by atoms with van der Waals surface area (Å²) in [5.74, 6) is 0.609. The number of ether oxygens (including phenoxy) is 1. The first-order valence-electron chi connectivity index (χ1n) is 12.9. The van der Waals surface area contributed by atoms with E-state index in [-0.39, 0.29) is 17.9 Å². The number of alkyl halides is 3. The third kappa shape index (κ3) is 14.4. The summed E-state index contributed by atoms with van der Waals surface area (Å²) in [5.41, 5.74) is 4.36. The summed E-state index contributed by atoms with van der Waals surface area (Å²) in [6.45, 7) is 18.7. The second-order valence-electron chi connectivity index (χ2n) is 9.31. The van der Waals surface area contributed by atoms with Gasteiger partial charge in [-0.3, -0.25) is 0 Å². The predicted octanol–water partition coefficient (Wildman–Crippen LogP) is 10.4. The summed E-state index contributed by atoms with van der Waals surface area (Å²) < 4.78 is 44.1. The number of hydrogen-bond donors (Lipinski definition) is 0. The highest BCUT2D eigenvalue weighted by Crippen LogP contribution is 2.36. The Balaban J connectivity index is 0.000000699. The molecule has 0 aliphatic rings. The highest BCUT2D eigenvalue weighted by atomic mass is 19.4. The first kappa shape index (κ1) is 34.0. The van der Waals surface area contributed by atoms with E-state index in [1.807, 2.05) is 13.0 Å². The Bertz CT molecular complexity index is 994. The molecule has 0 aromatic heterocycles. The van der Waals surface area contributed by atoms with Crippen molar-refractivity contribution in [3.05, 3.63) is 88.5 Å². The van der Waals surface area contributed by atoms with Crippen molar-refractivity contribution in [1.29, 1.82) is 5.26 Å². The van der Waals surface area contributed by atoms with Crippen molar-refractivity contribution >= 4 is 0 Å². The van der Waals surface area contributed by atoms with E-state index in [0.29, 0.717) is 6.42 Å². The smallest absolute Gasteiger partial charge is 0.420 e. The number of hydrogen-bond acceptors (Lipinski definition) is 2. The lowest BCUT2D eigenvalue weighted by molar-refractivity contribution is -0.139. The van der Waals surface area contributed by atoms with Gasteiger partial charge < -0.3 is 4.74 Å². The fourth-order valence-electron chi connectivity index (χ4n) is 3.10. The minimum absolute atomic E-state index is 0.0305. The summed E-state index contributed by atoms with van der Waals surface area (Å²) in [4.78, 5) is 0. The van der Waals surface area contributed by atoms with E-state index in [9.17, 15) is 13.2 Å². The molecule has 0 heterocycles. The minimum Gasteiger partial charge on any atom is -0.493 e. The predicted molar refractivity (Wildman–Crippen MR) is 150 cm³/mol. The maximum atomic E-state index is 13.0. The van der Waals surface area contributed by atoms with Crippen LogP contribution in [0.15, 0.2) is 66.3 Å². The second-order valence-corrected chi connectivity index (χ2v) is 9.31. The van der Waals surface area contributed by atoms with Crippen LogP contribution in [0.25, 0.3) is 0 Å². The molecule has 0 saturated carbocycles. The van der Waals surface area contributed by atoms with E-state index < -0.39 is 11.7 Å². The van der Waals surface area contributed by atoms with Gasteiger partial charge >= 0.3 is 6.18 Å². The van der Waals surface area contributed by atoms with Crippen molar-refractivity contribution in [2.75, 3.05) is 6.61 Å². The molecule has 2 nitrogen and oxygen atoms in total. The molecule has 0 spiro atoms. The number of rotatable bonds is 9. The summed E-state index contributed by atoms with van der Waals surface area (Å²) >= 11 is 0. The zero-order valence-corrected chi connectivity index (χ0v) is 23.6. The molecule has 0 bridgehead atoms. The molecule has 0 aliphatic heterocycles. The summed E-state index contributed by atoms with van der Waals surface area (Å²) in [6.07, 6.45) is 2.31. The van der Waals surface area contributed by atoms with E-state index >= 15 is 0 Å². The van der Waals surface area contributed by atoms with E-state index in [0.717, 1.165) is 31.2 Å². The Kier molecular flexibility index (Phi) is 16.8. The number of aryl methyl sites for hydroxylation is 2. The van der Waals surface area contributed by atoms with Crippen LogP contribution in [0.4, 0.5) is 13.2 Å². The third-order valence-electron chi connectivity index (χ3n) is 6.32. The number of allylic oxidation sites excluding steroid dienone is 3. The SMILES string of the molecule is C=CCC(C)CC.CCC(C)=C(C)CCCOc1ccc(C#N)cc1C(F)(F)F.Cc1ccccc1C. The standard InChI is InChI=1S/C17H20F3NO.C8H10.C7H14/c1-4-12(2)13(3)6-5-9-22-16-8-7-14(11-21)10-15(16)17(18,19)20;1-7-5-3-4-6-8(7)2;1-4-6-7(3)5-2/h7-8,10H,4-6,9H2,1-3H3;3-6H,1-2H3;4,7H,1,5-6H2,2-3H3. The van der Waals surface area contributed by atoms with Gasteiger partial charge in [-0.25, -0.2) is 0 Å². The van der Waals surface area contributed by atoms with Gasteiger partial charge in [0.1, 0.15) is 5.75 Å². The van der Waals surface area contributed by atoms with Crippen LogP contribution in [0.2, 0.25) is 0 Å². The monoisotopic (exact) mass is 515 g/mol. The van der Waals surface area contributed by atoms with Crippen LogP contribution in [-0.2, 0) is 6.18 Å². The van der Waals surface area contributed by atoms with Gasteiger partial charge in [0.2, 0.25) is 0 Å². The molecule has 5 heteroatoms. The number of halogens is 3. The van der Waals surface area contributed by atoms with Crippen LogP contribution in [0.1, 0.15) is 89.0 Å². The van der Waals surface area contributed by atoms with Crippen molar-refractivity contribution in [2.24, 2.45) is 5.92 Å². The summed E-state index contributed by atoms with van der Waals surface area (Å²) in [5, 5.41) is 8.71. The summed E-state index contributed by atoms with van der Waals surface area (Å²) in [6, 6.07) is 13.4. The lowest BCUT2D eigenvalue weighted by Crippen LogP contribution is -2.10. The Morgan fingerprint density at radius 2 is 1.65 bits per heavy atom. The topological polar surface area (TPSA) is 33.0 Å². The lowest BCUT2D eigenvalue weighted by atomic mass is 10.0. The van der Waals surface area contributed by atoms with Gasteiger partial charge in [0.15, 0.2) is 0 Å². The van der Waals surface area contributed by atoms with Gasteiger partial charge in [0, 0.05) is 0 Å². The van der Waals surface area contributed by atoms with Crippen molar-refractivity contribution < 1.29 is 17.9 Å². The molecular formula is C32H44F3NO. The Morgan fingerprint density at radius 3 is 2.05 bits per heavy atom. The maximum absolute atomic E-state index is 13.0. The van der Waals surface area contributed by atoms with E-state index in [1.54, 1.807) is 6.07 Å². The molecule has 2 aromatic carbocycles. The van der Waals surface area contributed by atoms with Gasteiger partial charge in [0.25, 0.3) is 0 Å². The lowest BCUT2D eigenvalue weighted by Gasteiger charge is -2.14. The van der Waals surface area contributed by atoms with Crippen LogP contribution >= 0.6 is 0 Å². The molecule has 2 rings (SSSR count). The van der Waals surface area contributed by atoms with E-state index in [2.05, 4.69) is 72.4 Å². The maximum Gasteiger partial charge on any atom is 0.420 e. The summed E-state index contributed by atoms with van der Waals surface area (Å²) in [7, 11) is 0. The molecule has 0 fully saturated rings. The van der Waals surface area contributed by atoms with Gasteiger partial charge in [-0.05, 0) is 88.6 Å². The second kappa shape index (κ2) is 18.3. The first-order valence-corrected chi connectivity index (χ1v) is 12.9. The average molecular weight is 516 g/mol. The number of nitriles is 1. The van der Waals surface area contributed by atoms with Crippen molar-refractivity contribution in [3.63, 3.8) is 0 Å². The molecule has 204 valence electrons. The van der Waals surface area contributed by atoms with E-state index in [1.165, 1.54) is 40.8 Å². The molecule has 0 amide bonds. The largest absolute Gasteiger partial charge is 0.493 e. The van der Waals surface area contributed by atoms with Crippen LogP contribution in [-0.4, -0.2) is 6.61 Å². The normalized spacial score (nSPS) is 12.0. The molecule has 0 aliphatic carbocycles. The third-order valence-corrected chi connectivity index (χ3v) is 6.32. The molecule has 0 saturated heterocycles. The van der Waals surface area contributed by atoms with Crippen molar-refractivity contribution in [1.82, 2.24) is 0 Å². The molecular weight excluding hydrogens is 471 g/mol. The molecule has 0 N–H and O–H groups in total. The Labute approximate surface area is 222 Å². The fraction of sp³-hybridized carbons (Fsp3) is 0.469. The average Bonchev–Trinajstić information content (AvgIpc) is 2.88. The molecule has 0 radical (unpaired) electrons. The van der Waals surface area contributed by atoms with Crippen LogP contribution < -0.4 is 4.74 Å². The highest BCUT2D eigenvalue weighted by molar-refractivity contribution is 5.43. The van der Waals surface area contributed by atoms with E-state index in [4.69, 9.17) is 10.00 Å². The number of nitrogens with zero attached hydrogens (tertiary/aromatic N) is 1. The van der Waals surface area contributed by atoms with Crippen molar-refractivity contribution in [3.8, 4) is 11.8 Å². The minimum atomic E-state index is -4.53. The first-order chi connectivity index (χ1) is 17.4.